The van der Waals surface area contributed by atoms with E-state index in [9.17, 15) is 0 Å². The fourth-order valence-corrected chi connectivity index (χ4v) is 2.37. The van der Waals surface area contributed by atoms with E-state index in [1.165, 1.54) is 11.1 Å². The monoisotopic (exact) mass is 274 g/mol. The Morgan fingerprint density at radius 3 is 2.50 bits per heavy atom. The van der Waals surface area contributed by atoms with Crippen LogP contribution in [0.25, 0.3) is 11.3 Å². The fraction of sp³-hybridized carbons (Fsp3) is 0.143. The molecule has 0 saturated carbocycles. The van der Waals surface area contributed by atoms with Gasteiger partial charge in [0.25, 0.3) is 0 Å². The molecule has 1 heterocycles. The van der Waals surface area contributed by atoms with E-state index in [2.05, 4.69) is 37.0 Å². The van der Waals surface area contributed by atoms with Crippen LogP contribution >= 0.6 is 24.4 Å². The van der Waals surface area contributed by atoms with E-state index >= 15 is 0 Å². The second-order valence-corrected chi connectivity index (χ2v) is 5.15. The fourth-order valence-electron chi connectivity index (χ4n) is 1.85. The van der Waals surface area contributed by atoms with Crippen molar-refractivity contribution in [3.8, 4) is 11.3 Å². The van der Waals surface area contributed by atoms with Gasteiger partial charge in [0.05, 0.1) is 0 Å². The molecule has 1 aromatic carbocycles. The van der Waals surface area contributed by atoms with Gasteiger partial charge in [-0.2, -0.15) is 0 Å². The third-order valence-corrected chi connectivity index (χ3v) is 3.40. The molecular formula is C14H14N2S2. The van der Waals surface area contributed by atoms with Crippen LogP contribution in [0.4, 0.5) is 0 Å². The lowest BCUT2D eigenvalue weighted by Gasteiger charge is -2.09. The zero-order valence-corrected chi connectivity index (χ0v) is 11.9. The van der Waals surface area contributed by atoms with Gasteiger partial charge in [-0.3, -0.25) is 0 Å². The number of aromatic nitrogens is 1. The Kier molecular flexibility index (Phi) is 3.59. The van der Waals surface area contributed by atoms with Crippen LogP contribution in [0.1, 0.15) is 16.7 Å². The smallest absolute Gasteiger partial charge is 0.113 e. The van der Waals surface area contributed by atoms with Crippen LogP contribution in [-0.4, -0.2) is 9.97 Å². The van der Waals surface area contributed by atoms with E-state index in [4.69, 9.17) is 30.2 Å². The molecule has 0 amide bonds. The summed E-state index contributed by atoms with van der Waals surface area (Å²) in [4.78, 5) is 3.51. The van der Waals surface area contributed by atoms with Gasteiger partial charge in [0.1, 0.15) is 9.63 Å². The third kappa shape index (κ3) is 2.49. The average Bonchev–Trinajstić information content (AvgIpc) is 2.31. The van der Waals surface area contributed by atoms with E-state index in [1.54, 1.807) is 0 Å². The number of aryl methyl sites for hydroxylation is 2. The molecule has 0 radical (unpaired) electrons. The third-order valence-electron chi connectivity index (χ3n) is 2.86. The highest BCUT2D eigenvalue weighted by Gasteiger charge is 2.05. The van der Waals surface area contributed by atoms with Gasteiger partial charge in [-0.25, -0.2) is 0 Å². The number of nitrogens with two attached hydrogens (primary N) is 1. The van der Waals surface area contributed by atoms with Crippen molar-refractivity contribution in [3.05, 3.63) is 51.7 Å². The lowest BCUT2D eigenvalue weighted by atomic mass is 10.0. The minimum atomic E-state index is 0.323. The molecule has 0 unspecified atom stereocenters. The molecule has 92 valence electrons. The number of benzene rings is 1. The zero-order chi connectivity index (χ0) is 13.3. The number of thiocarbonyl (C=S) groups is 1. The predicted molar refractivity (Wildman–Crippen MR) is 82.4 cm³/mol. The maximum Gasteiger partial charge on any atom is 0.113 e. The summed E-state index contributed by atoms with van der Waals surface area (Å²) in [5.74, 6) is 0. The molecule has 0 aliphatic rings. The number of hydrogen-bond acceptors (Lipinski definition) is 2. The molecule has 0 atom stereocenters. The van der Waals surface area contributed by atoms with Crippen molar-refractivity contribution < 1.29 is 0 Å². The zero-order valence-electron chi connectivity index (χ0n) is 10.3. The number of pyridine rings is 1. The van der Waals surface area contributed by atoms with E-state index < -0.39 is 0 Å². The quantitative estimate of drug-likeness (QED) is 0.821. The Balaban J connectivity index is 2.59. The van der Waals surface area contributed by atoms with Crippen molar-refractivity contribution in [2.45, 2.75) is 13.8 Å². The van der Waals surface area contributed by atoms with Crippen molar-refractivity contribution in [2.75, 3.05) is 0 Å². The first kappa shape index (κ1) is 12.9. The average molecular weight is 274 g/mol. The van der Waals surface area contributed by atoms with Crippen LogP contribution in [0.15, 0.2) is 30.3 Å². The van der Waals surface area contributed by atoms with Crippen LogP contribution in [-0.2, 0) is 0 Å². The Morgan fingerprint density at radius 1 is 1.17 bits per heavy atom. The first-order valence-corrected chi connectivity index (χ1v) is 6.41. The van der Waals surface area contributed by atoms with E-state index in [0.717, 1.165) is 11.3 Å². The molecule has 0 bridgehead atoms. The normalized spacial score (nSPS) is 10.3. The summed E-state index contributed by atoms with van der Waals surface area (Å²) in [6.07, 6.45) is 0. The van der Waals surface area contributed by atoms with Gasteiger partial charge in [-0.15, -0.1) is 0 Å². The largest absolute Gasteiger partial charge is 0.389 e. The van der Waals surface area contributed by atoms with Gasteiger partial charge in [0.15, 0.2) is 0 Å². The highest BCUT2D eigenvalue weighted by Crippen LogP contribution is 2.23. The number of aromatic amines is 1. The molecule has 0 saturated heterocycles. The molecule has 0 spiro atoms. The molecule has 0 aliphatic carbocycles. The minimum absolute atomic E-state index is 0.323. The van der Waals surface area contributed by atoms with Crippen molar-refractivity contribution in [1.29, 1.82) is 0 Å². The van der Waals surface area contributed by atoms with Gasteiger partial charge in [0, 0.05) is 16.8 Å². The molecule has 18 heavy (non-hydrogen) atoms. The minimum Gasteiger partial charge on any atom is -0.389 e. The van der Waals surface area contributed by atoms with Crippen molar-refractivity contribution in [1.82, 2.24) is 4.98 Å². The standard InChI is InChI=1S/C14H14N2S2/c1-8-3-4-9(2)11(7-8)12-6-5-10(13(15)17)14(18)16-12/h3-7H,1-2H3,(H2,15,17)(H,16,18). The second-order valence-electron chi connectivity index (χ2n) is 4.30. The molecular weight excluding hydrogens is 260 g/mol. The number of rotatable bonds is 2. The summed E-state index contributed by atoms with van der Waals surface area (Å²) in [6, 6.07) is 10.2. The predicted octanol–water partition coefficient (Wildman–Crippen LogP) is 3.66. The van der Waals surface area contributed by atoms with E-state index in [-0.39, 0.29) is 0 Å². The van der Waals surface area contributed by atoms with E-state index in [1.807, 2.05) is 12.1 Å². The van der Waals surface area contributed by atoms with Crippen molar-refractivity contribution in [3.63, 3.8) is 0 Å². The number of H-pyrrole nitrogens is 1. The number of hydrogen-bond donors (Lipinski definition) is 2. The Labute approximate surface area is 117 Å². The molecule has 4 heteroatoms. The molecule has 1 aromatic heterocycles. The van der Waals surface area contributed by atoms with Crippen LogP contribution in [0.5, 0.6) is 0 Å². The summed E-state index contributed by atoms with van der Waals surface area (Å²) < 4.78 is 0.584. The summed E-state index contributed by atoms with van der Waals surface area (Å²) >= 11 is 10.2. The Hall–Kier alpha value is -1.52. The van der Waals surface area contributed by atoms with Gasteiger partial charge < -0.3 is 10.7 Å². The van der Waals surface area contributed by atoms with Crippen molar-refractivity contribution in [2.24, 2.45) is 5.73 Å². The highest BCUT2D eigenvalue weighted by atomic mass is 32.1. The summed E-state index contributed by atoms with van der Waals surface area (Å²) in [6.45, 7) is 4.15. The summed E-state index contributed by atoms with van der Waals surface area (Å²) in [5.41, 5.74) is 10.9. The molecule has 2 aromatic rings. The molecule has 0 aliphatic heterocycles. The summed E-state index contributed by atoms with van der Waals surface area (Å²) in [5, 5.41) is 0. The van der Waals surface area contributed by atoms with Crippen LogP contribution in [0, 0.1) is 18.5 Å². The second kappa shape index (κ2) is 5.00. The van der Waals surface area contributed by atoms with Crippen LogP contribution < -0.4 is 5.73 Å². The Morgan fingerprint density at radius 2 is 1.89 bits per heavy atom. The maximum absolute atomic E-state index is 5.60. The van der Waals surface area contributed by atoms with Gasteiger partial charge in [-0.05, 0) is 37.6 Å². The highest BCUT2D eigenvalue weighted by molar-refractivity contribution is 7.80. The Bertz CT molecular complexity index is 672. The van der Waals surface area contributed by atoms with Crippen LogP contribution in [0.2, 0.25) is 0 Å². The van der Waals surface area contributed by atoms with E-state index in [0.29, 0.717) is 15.2 Å². The first-order chi connectivity index (χ1) is 8.49. The SMILES string of the molecule is Cc1ccc(C)c(-c2ccc(C(N)=S)c(=S)[nH]2)c1. The lowest BCUT2D eigenvalue weighted by molar-refractivity contribution is 1.26. The molecule has 3 N–H and O–H groups in total. The van der Waals surface area contributed by atoms with Crippen LogP contribution in [0.3, 0.4) is 0 Å². The van der Waals surface area contributed by atoms with Gasteiger partial charge >= 0.3 is 0 Å². The number of nitrogens with one attached hydrogen (secondary N) is 1. The first-order valence-electron chi connectivity index (χ1n) is 5.60. The molecule has 0 fully saturated rings. The summed E-state index contributed by atoms with van der Waals surface area (Å²) in [7, 11) is 0. The maximum atomic E-state index is 5.60. The van der Waals surface area contributed by atoms with Gasteiger partial charge in [0.2, 0.25) is 0 Å². The van der Waals surface area contributed by atoms with Crippen molar-refractivity contribution >= 4 is 29.4 Å². The topological polar surface area (TPSA) is 41.8 Å². The molecule has 2 nitrogen and oxygen atoms in total. The molecule has 2 rings (SSSR count). The van der Waals surface area contributed by atoms with Gasteiger partial charge in [-0.1, -0.05) is 42.1 Å². The lowest BCUT2D eigenvalue weighted by Crippen LogP contribution is -2.10.